The predicted molar refractivity (Wildman–Crippen MR) is 106 cm³/mol. The highest BCUT2D eigenvalue weighted by Crippen LogP contribution is 2.54. The van der Waals surface area contributed by atoms with Crippen molar-refractivity contribution in [3.8, 4) is 0 Å². The Kier molecular flexibility index (Phi) is 8.75. The van der Waals surface area contributed by atoms with Gasteiger partial charge in [-0.2, -0.15) is 39.5 Å². The number of benzene rings is 2. The molecule has 15 heteroatoms. The zero-order valence-corrected chi connectivity index (χ0v) is 18.8. The summed E-state index contributed by atoms with van der Waals surface area (Å²) >= 11 is 5.89. The van der Waals surface area contributed by atoms with Crippen LogP contribution in [0.15, 0.2) is 54.6 Å². The zero-order chi connectivity index (χ0) is 26.8. The largest absolute Gasteiger partial charge is 0.743 e. The van der Waals surface area contributed by atoms with Crippen LogP contribution >= 0.6 is 11.6 Å². The Hall–Kier alpha value is -2.03. The Morgan fingerprint density at radius 2 is 1.24 bits per heavy atom. The molecule has 0 aliphatic rings. The standard InChI is InChI=1S/C15H17ClN.C4HF9O3S/c1-17(2,15-6-4-3-5-7-15)12-13-8-10-14(16)11-9-13;5-1(6,3(9,10)11)2(7,8)4(12,13)17(14,15)16/h3-11H,12H2,1-2H3;(H,14,15,16)/q+1;/p-1. The number of hydrogen-bond donors (Lipinski definition) is 0. The summed E-state index contributed by atoms with van der Waals surface area (Å²) < 4.78 is 136. The maximum atomic E-state index is 12.2. The van der Waals surface area contributed by atoms with Crippen LogP contribution in [0.5, 0.6) is 0 Å². The SMILES string of the molecule is C[N+](C)(Cc1ccc(Cl)cc1)c1ccccc1.O=S(=O)([O-])C(F)(F)C(F)(F)C(F)(F)C(F)(F)F. The Bertz CT molecular complexity index is 1060. The van der Waals surface area contributed by atoms with E-state index >= 15 is 0 Å². The van der Waals surface area contributed by atoms with Crippen molar-refractivity contribution in [1.29, 1.82) is 0 Å². The van der Waals surface area contributed by atoms with E-state index < -0.39 is 33.4 Å². The van der Waals surface area contributed by atoms with Gasteiger partial charge in [-0.1, -0.05) is 41.9 Å². The number of quaternary nitrogens is 1. The highest BCUT2D eigenvalue weighted by atomic mass is 35.5. The van der Waals surface area contributed by atoms with E-state index in [0.29, 0.717) is 0 Å². The molecule has 34 heavy (non-hydrogen) atoms. The zero-order valence-electron chi connectivity index (χ0n) is 17.3. The van der Waals surface area contributed by atoms with Gasteiger partial charge in [-0.15, -0.1) is 0 Å². The normalized spacial score (nSPS) is 13.8. The van der Waals surface area contributed by atoms with E-state index in [4.69, 9.17) is 11.6 Å². The van der Waals surface area contributed by atoms with Gasteiger partial charge in [0.2, 0.25) is 0 Å². The first-order valence-electron chi connectivity index (χ1n) is 8.86. The molecule has 2 aromatic rings. The number of halogens is 10. The smallest absolute Gasteiger partial charge is 0.460 e. The summed E-state index contributed by atoms with van der Waals surface area (Å²) in [6.07, 6.45) is -7.16. The van der Waals surface area contributed by atoms with Crippen LogP contribution in [-0.4, -0.2) is 50.3 Å². The van der Waals surface area contributed by atoms with E-state index in [1.54, 1.807) is 0 Å². The van der Waals surface area contributed by atoms with E-state index in [1.807, 2.05) is 18.2 Å². The fourth-order valence-corrected chi connectivity index (χ4v) is 3.06. The third kappa shape index (κ3) is 6.34. The second kappa shape index (κ2) is 9.91. The maximum Gasteiger partial charge on any atom is 0.460 e. The molecule has 2 rings (SSSR count). The lowest BCUT2D eigenvalue weighted by atomic mass is 10.1. The quantitative estimate of drug-likeness (QED) is 0.252. The lowest BCUT2D eigenvalue weighted by molar-refractivity contribution is -0.382. The van der Waals surface area contributed by atoms with Gasteiger partial charge >= 0.3 is 23.3 Å². The second-order valence-electron chi connectivity index (χ2n) is 7.42. The van der Waals surface area contributed by atoms with Gasteiger partial charge in [-0.3, -0.25) is 4.48 Å². The summed E-state index contributed by atoms with van der Waals surface area (Å²) in [6, 6.07) is 18.6. The second-order valence-corrected chi connectivity index (χ2v) is 9.28. The number of rotatable bonds is 6. The molecule has 0 saturated carbocycles. The van der Waals surface area contributed by atoms with Crippen molar-refractivity contribution in [2.24, 2.45) is 0 Å². The van der Waals surface area contributed by atoms with Gasteiger partial charge in [0.1, 0.15) is 12.2 Å². The molecular formula is C19H17ClF9NO3S. The van der Waals surface area contributed by atoms with Crippen molar-refractivity contribution in [1.82, 2.24) is 4.48 Å². The predicted octanol–water partition coefficient (Wildman–Crippen LogP) is 6.06. The summed E-state index contributed by atoms with van der Waals surface area (Å²) in [5.41, 5.74) is 2.60. The molecule has 0 aliphatic carbocycles. The van der Waals surface area contributed by atoms with Gasteiger partial charge in [-0.05, 0) is 24.3 Å². The first kappa shape index (κ1) is 30.0. The van der Waals surface area contributed by atoms with Crippen molar-refractivity contribution in [3.05, 3.63) is 65.2 Å². The molecule has 0 saturated heterocycles. The van der Waals surface area contributed by atoms with Crippen LogP contribution in [0.3, 0.4) is 0 Å². The summed E-state index contributed by atoms with van der Waals surface area (Å²) in [7, 11) is -2.99. The average Bonchev–Trinajstić information content (AvgIpc) is 2.69. The Balaban J connectivity index is 0.000000340. The topological polar surface area (TPSA) is 57.2 Å². The van der Waals surface area contributed by atoms with Gasteiger partial charge in [0.15, 0.2) is 10.1 Å². The molecule has 0 unspecified atom stereocenters. The molecular weight excluding hydrogens is 529 g/mol. The molecule has 0 N–H and O–H groups in total. The van der Waals surface area contributed by atoms with Crippen LogP contribution in [0.1, 0.15) is 5.56 Å². The van der Waals surface area contributed by atoms with Crippen LogP contribution < -0.4 is 4.48 Å². The highest BCUT2D eigenvalue weighted by molar-refractivity contribution is 7.86. The molecule has 4 nitrogen and oxygen atoms in total. The van der Waals surface area contributed by atoms with Crippen molar-refractivity contribution in [2.45, 2.75) is 29.8 Å². The van der Waals surface area contributed by atoms with E-state index in [2.05, 4.69) is 50.5 Å². The molecule has 0 fully saturated rings. The minimum atomic E-state index is -7.43. The molecule has 0 radical (unpaired) electrons. The average molecular weight is 546 g/mol. The van der Waals surface area contributed by atoms with Gasteiger partial charge in [0.05, 0.1) is 14.1 Å². The number of hydrogen-bond acceptors (Lipinski definition) is 3. The number of alkyl halides is 9. The van der Waals surface area contributed by atoms with Gasteiger partial charge in [0, 0.05) is 10.6 Å². The molecule has 0 aromatic heterocycles. The summed E-state index contributed by atoms with van der Waals surface area (Å²) in [5, 5.41) is -6.32. The molecule has 192 valence electrons. The molecule has 2 aromatic carbocycles. The number of nitrogens with zero attached hydrogens (tertiary/aromatic N) is 1. The molecule has 0 amide bonds. The molecule has 0 heterocycles. The molecule has 0 bridgehead atoms. The maximum absolute atomic E-state index is 12.2. The fourth-order valence-electron chi connectivity index (χ4n) is 2.49. The van der Waals surface area contributed by atoms with E-state index in [0.717, 1.165) is 16.1 Å². The minimum Gasteiger partial charge on any atom is -0.743 e. The summed E-state index contributed by atoms with van der Waals surface area (Å²) in [5.74, 6) is -14.8. The van der Waals surface area contributed by atoms with Crippen LogP contribution in [0.2, 0.25) is 5.02 Å². The third-order valence-corrected chi connectivity index (χ3v) is 5.51. The van der Waals surface area contributed by atoms with Crippen molar-refractivity contribution >= 4 is 27.4 Å². The lowest BCUT2D eigenvalue weighted by Gasteiger charge is -2.34. The van der Waals surface area contributed by atoms with Crippen LogP contribution in [-0.2, 0) is 16.7 Å². The van der Waals surface area contributed by atoms with Crippen molar-refractivity contribution in [2.75, 3.05) is 14.1 Å². The minimum absolute atomic E-state index is 0.791. The molecule has 0 aliphatic heterocycles. The molecule has 0 spiro atoms. The van der Waals surface area contributed by atoms with E-state index in [9.17, 15) is 52.5 Å². The van der Waals surface area contributed by atoms with Crippen molar-refractivity contribution in [3.63, 3.8) is 0 Å². The summed E-state index contributed by atoms with van der Waals surface area (Å²) in [6.45, 7) is 0.960. The lowest BCUT2D eigenvalue weighted by Crippen LogP contribution is -2.63. The number of para-hydroxylation sites is 1. The molecule has 0 atom stereocenters. The Morgan fingerprint density at radius 3 is 1.62 bits per heavy atom. The van der Waals surface area contributed by atoms with E-state index in [-0.39, 0.29) is 0 Å². The van der Waals surface area contributed by atoms with Crippen LogP contribution in [0.25, 0.3) is 0 Å². The van der Waals surface area contributed by atoms with Crippen LogP contribution in [0, 0.1) is 0 Å². The van der Waals surface area contributed by atoms with Crippen molar-refractivity contribution < 1.29 is 52.5 Å². The third-order valence-electron chi connectivity index (χ3n) is 4.38. The van der Waals surface area contributed by atoms with Gasteiger partial charge in [0.25, 0.3) is 0 Å². The monoisotopic (exact) mass is 545 g/mol. The fraction of sp³-hybridized carbons (Fsp3) is 0.368. The van der Waals surface area contributed by atoms with Gasteiger partial charge in [-0.25, -0.2) is 8.42 Å². The van der Waals surface area contributed by atoms with Gasteiger partial charge < -0.3 is 4.55 Å². The highest BCUT2D eigenvalue weighted by Gasteiger charge is 2.83. The van der Waals surface area contributed by atoms with E-state index in [1.165, 1.54) is 11.3 Å². The Morgan fingerprint density at radius 1 is 0.794 bits per heavy atom. The first-order chi connectivity index (χ1) is 15.1. The van der Waals surface area contributed by atoms with Crippen LogP contribution in [0.4, 0.5) is 45.2 Å². The summed E-state index contributed by atoms with van der Waals surface area (Å²) in [4.78, 5) is 0. The Labute approximate surface area is 193 Å². The first-order valence-corrected chi connectivity index (χ1v) is 10.7.